The van der Waals surface area contributed by atoms with Crippen molar-refractivity contribution in [1.29, 1.82) is 0 Å². The van der Waals surface area contributed by atoms with Gasteiger partial charge in [-0.3, -0.25) is 4.79 Å². The van der Waals surface area contributed by atoms with Gasteiger partial charge in [0.2, 0.25) is 0 Å². The summed E-state index contributed by atoms with van der Waals surface area (Å²) in [6, 6.07) is 6.10. The summed E-state index contributed by atoms with van der Waals surface area (Å²) in [7, 11) is 0. The highest BCUT2D eigenvalue weighted by Crippen LogP contribution is 2.27. The van der Waals surface area contributed by atoms with Crippen LogP contribution in [0.4, 0.5) is 11.5 Å². The van der Waals surface area contributed by atoms with Gasteiger partial charge >= 0.3 is 0 Å². The van der Waals surface area contributed by atoms with E-state index >= 15 is 0 Å². The molecule has 3 aromatic rings. The third-order valence-corrected chi connectivity index (χ3v) is 4.31. The van der Waals surface area contributed by atoms with E-state index in [9.17, 15) is 9.59 Å². The van der Waals surface area contributed by atoms with Gasteiger partial charge in [0.05, 0.1) is 0 Å². The van der Waals surface area contributed by atoms with Crippen LogP contribution in [0, 0.1) is 13.8 Å². The highest BCUT2D eigenvalue weighted by molar-refractivity contribution is 5.87. The van der Waals surface area contributed by atoms with Crippen LogP contribution in [0.25, 0.3) is 5.52 Å². The SMILES string of the molecule is CC(=O)CCc1ccc(C)c(Nc2ncnn3cc(C=O)c(C)c23)c1. The Kier molecular flexibility index (Phi) is 4.61. The maximum atomic E-state index is 11.2. The number of hydrogen-bond donors (Lipinski definition) is 1. The van der Waals surface area contributed by atoms with E-state index in [0.717, 1.165) is 34.2 Å². The van der Waals surface area contributed by atoms with E-state index < -0.39 is 0 Å². The van der Waals surface area contributed by atoms with Gasteiger partial charge in [0.25, 0.3) is 0 Å². The number of fused-ring (bicyclic) bond motifs is 1. The van der Waals surface area contributed by atoms with Gasteiger partial charge in [-0.2, -0.15) is 5.10 Å². The lowest BCUT2D eigenvalue weighted by Gasteiger charge is -2.12. The van der Waals surface area contributed by atoms with Gasteiger partial charge in [-0.05, 0) is 49.9 Å². The number of Topliss-reactive ketones (excluding diaryl/α,β-unsaturated/α-hetero) is 1. The lowest BCUT2D eigenvalue weighted by Crippen LogP contribution is -2.02. The zero-order chi connectivity index (χ0) is 18.0. The Balaban J connectivity index is 1.98. The van der Waals surface area contributed by atoms with Crippen LogP contribution in [0.2, 0.25) is 0 Å². The van der Waals surface area contributed by atoms with Gasteiger partial charge in [0, 0.05) is 23.9 Å². The molecule has 1 N–H and O–H groups in total. The Morgan fingerprint density at radius 1 is 1.32 bits per heavy atom. The quantitative estimate of drug-likeness (QED) is 0.698. The molecule has 6 nitrogen and oxygen atoms in total. The van der Waals surface area contributed by atoms with E-state index in [4.69, 9.17) is 0 Å². The lowest BCUT2D eigenvalue weighted by atomic mass is 10.0. The summed E-state index contributed by atoms with van der Waals surface area (Å²) in [5.41, 5.74) is 5.30. The lowest BCUT2D eigenvalue weighted by molar-refractivity contribution is -0.116. The largest absolute Gasteiger partial charge is 0.338 e. The molecule has 0 aliphatic rings. The van der Waals surface area contributed by atoms with Crippen LogP contribution in [0.5, 0.6) is 0 Å². The summed E-state index contributed by atoms with van der Waals surface area (Å²) in [6.07, 6.45) is 5.21. The molecule has 25 heavy (non-hydrogen) atoms. The van der Waals surface area contributed by atoms with E-state index in [0.29, 0.717) is 24.2 Å². The van der Waals surface area contributed by atoms with E-state index in [1.165, 1.54) is 6.33 Å². The molecule has 0 radical (unpaired) electrons. The van der Waals surface area contributed by atoms with Crippen LogP contribution in [0.15, 0.2) is 30.7 Å². The fourth-order valence-corrected chi connectivity index (χ4v) is 2.80. The minimum atomic E-state index is 0.179. The zero-order valence-electron chi connectivity index (χ0n) is 14.5. The Labute approximate surface area is 145 Å². The molecule has 128 valence electrons. The maximum absolute atomic E-state index is 11.2. The van der Waals surface area contributed by atoms with Crippen molar-refractivity contribution in [2.24, 2.45) is 0 Å². The number of rotatable bonds is 6. The van der Waals surface area contributed by atoms with Crippen molar-refractivity contribution in [3.63, 3.8) is 0 Å². The molecular formula is C19H20N4O2. The molecule has 6 heteroatoms. The molecule has 0 saturated heterocycles. The topological polar surface area (TPSA) is 76.4 Å². The Morgan fingerprint density at radius 3 is 2.84 bits per heavy atom. The van der Waals surface area contributed by atoms with Gasteiger partial charge in [-0.1, -0.05) is 12.1 Å². The first-order valence-electron chi connectivity index (χ1n) is 8.13. The first kappa shape index (κ1) is 16.8. The smallest absolute Gasteiger partial charge is 0.158 e. The number of hydrogen-bond acceptors (Lipinski definition) is 5. The number of ketones is 1. The van der Waals surface area contributed by atoms with Crippen LogP contribution in [-0.4, -0.2) is 26.7 Å². The Hall–Kier alpha value is -3.02. The maximum Gasteiger partial charge on any atom is 0.158 e. The summed E-state index contributed by atoms with van der Waals surface area (Å²) in [5.74, 6) is 0.824. The number of aryl methyl sites for hydroxylation is 3. The summed E-state index contributed by atoms with van der Waals surface area (Å²) in [4.78, 5) is 26.7. The molecule has 0 atom stereocenters. The van der Waals surface area contributed by atoms with Gasteiger partial charge < -0.3 is 10.1 Å². The molecule has 3 rings (SSSR count). The number of carbonyl (C=O) groups excluding carboxylic acids is 2. The van der Waals surface area contributed by atoms with Crippen molar-refractivity contribution >= 4 is 29.1 Å². The van der Waals surface area contributed by atoms with E-state index in [-0.39, 0.29) is 5.78 Å². The summed E-state index contributed by atoms with van der Waals surface area (Å²) >= 11 is 0. The van der Waals surface area contributed by atoms with E-state index in [1.54, 1.807) is 17.6 Å². The van der Waals surface area contributed by atoms with Crippen LogP contribution in [-0.2, 0) is 11.2 Å². The summed E-state index contributed by atoms with van der Waals surface area (Å²) in [6.45, 7) is 5.49. The molecule has 2 heterocycles. The molecule has 0 amide bonds. The molecule has 0 spiro atoms. The molecule has 0 unspecified atom stereocenters. The number of nitrogens with one attached hydrogen (secondary N) is 1. The first-order valence-corrected chi connectivity index (χ1v) is 8.13. The third-order valence-electron chi connectivity index (χ3n) is 4.31. The second-order valence-corrected chi connectivity index (χ2v) is 6.21. The minimum Gasteiger partial charge on any atom is -0.338 e. The van der Waals surface area contributed by atoms with Gasteiger partial charge in [0.15, 0.2) is 12.1 Å². The second kappa shape index (κ2) is 6.84. The third kappa shape index (κ3) is 3.42. The normalized spacial score (nSPS) is 10.8. The standard InChI is InChI=1S/C19H20N4O2/c1-12-4-6-15(7-5-13(2)25)8-17(12)22-19-18-14(3)16(10-24)9-23(18)21-11-20-19/h4,6,8-11H,5,7H2,1-3H3,(H,20,21,22). The van der Waals surface area contributed by atoms with Crippen molar-refractivity contribution in [2.75, 3.05) is 5.32 Å². The molecule has 0 aliphatic carbocycles. The highest BCUT2D eigenvalue weighted by Gasteiger charge is 2.13. The zero-order valence-corrected chi connectivity index (χ0v) is 14.5. The molecule has 0 bridgehead atoms. The highest BCUT2D eigenvalue weighted by atomic mass is 16.1. The van der Waals surface area contributed by atoms with Crippen molar-refractivity contribution in [1.82, 2.24) is 14.6 Å². The van der Waals surface area contributed by atoms with Gasteiger partial charge in [-0.15, -0.1) is 0 Å². The predicted octanol–water partition coefficient (Wildman–Crippen LogP) is 3.42. The average Bonchev–Trinajstić information content (AvgIpc) is 2.92. The van der Waals surface area contributed by atoms with Crippen molar-refractivity contribution in [2.45, 2.75) is 33.6 Å². The second-order valence-electron chi connectivity index (χ2n) is 6.21. The van der Waals surface area contributed by atoms with Crippen LogP contribution in [0.3, 0.4) is 0 Å². The monoisotopic (exact) mass is 336 g/mol. The van der Waals surface area contributed by atoms with Crippen molar-refractivity contribution in [3.8, 4) is 0 Å². The van der Waals surface area contributed by atoms with Gasteiger partial charge in [-0.25, -0.2) is 9.50 Å². The molecule has 0 fully saturated rings. The number of benzene rings is 1. The number of anilines is 2. The molecule has 0 aliphatic heterocycles. The number of aromatic nitrogens is 3. The summed E-state index contributed by atoms with van der Waals surface area (Å²) in [5, 5.41) is 7.52. The Morgan fingerprint density at radius 2 is 2.12 bits per heavy atom. The van der Waals surface area contributed by atoms with Gasteiger partial charge in [0.1, 0.15) is 17.6 Å². The van der Waals surface area contributed by atoms with Crippen molar-refractivity contribution < 1.29 is 9.59 Å². The molecular weight excluding hydrogens is 316 g/mol. The van der Waals surface area contributed by atoms with Crippen LogP contribution in [0.1, 0.15) is 40.4 Å². The average molecular weight is 336 g/mol. The summed E-state index contributed by atoms with van der Waals surface area (Å²) < 4.78 is 1.66. The molecule has 1 aromatic carbocycles. The molecule has 2 aromatic heterocycles. The minimum absolute atomic E-state index is 0.179. The van der Waals surface area contributed by atoms with Crippen molar-refractivity contribution in [3.05, 3.63) is 53.0 Å². The number of aldehydes is 1. The molecule has 0 saturated carbocycles. The number of nitrogens with zero attached hydrogens (tertiary/aromatic N) is 3. The van der Waals surface area contributed by atoms with E-state index in [2.05, 4.69) is 15.4 Å². The van der Waals surface area contributed by atoms with Crippen LogP contribution >= 0.6 is 0 Å². The first-order chi connectivity index (χ1) is 12.0. The fraction of sp³-hybridized carbons (Fsp3) is 0.263. The Bertz CT molecular complexity index is 959. The van der Waals surface area contributed by atoms with Crippen LogP contribution < -0.4 is 5.32 Å². The van der Waals surface area contributed by atoms with E-state index in [1.807, 2.05) is 32.0 Å². The predicted molar refractivity (Wildman–Crippen MR) is 96.6 cm³/mol. The number of carbonyl (C=O) groups is 2. The fourth-order valence-electron chi connectivity index (χ4n) is 2.80.